The topological polar surface area (TPSA) is 91.4 Å². The van der Waals surface area contributed by atoms with E-state index in [1.807, 2.05) is 9.80 Å². The first-order valence-electron chi connectivity index (χ1n) is 11.6. The Bertz CT molecular complexity index is 823. The van der Waals surface area contributed by atoms with Crippen molar-refractivity contribution in [2.24, 2.45) is 5.92 Å². The Morgan fingerprint density at radius 3 is 2.36 bits per heavy atom. The molecule has 3 rings (SSSR count). The third-order valence-electron chi connectivity index (χ3n) is 6.18. The highest BCUT2D eigenvalue weighted by molar-refractivity contribution is 5.95. The van der Waals surface area contributed by atoms with Gasteiger partial charge in [-0.2, -0.15) is 0 Å². The van der Waals surface area contributed by atoms with Crippen molar-refractivity contribution in [1.29, 1.82) is 0 Å². The number of amides is 3. The fourth-order valence-corrected chi connectivity index (χ4v) is 4.54. The number of carbonyl (C=O) groups excluding carboxylic acids is 3. The average Bonchev–Trinajstić information content (AvgIpc) is 3.27. The zero-order valence-electron chi connectivity index (χ0n) is 20.1. The first-order valence-corrected chi connectivity index (χ1v) is 11.6. The van der Waals surface area contributed by atoms with Crippen molar-refractivity contribution in [2.45, 2.75) is 32.4 Å². The first-order chi connectivity index (χ1) is 15.8. The van der Waals surface area contributed by atoms with E-state index in [1.165, 1.54) is 7.11 Å². The second-order valence-corrected chi connectivity index (χ2v) is 9.04. The van der Waals surface area contributed by atoms with E-state index in [1.54, 1.807) is 36.3 Å². The maximum absolute atomic E-state index is 13.5. The molecule has 2 saturated heterocycles. The van der Waals surface area contributed by atoms with Gasteiger partial charge in [0, 0.05) is 51.9 Å². The second kappa shape index (κ2) is 11.5. The van der Waals surface area contributed by atoms with Crippen LogP contribution >= 0.6 is 0 Å². The number of carbonyl (C=O) groups is 3. The molecule has 2 atom stereocenters. The van der Waals surface area contributed by atoms with Crippen molar-refractivity contribution >= 4 is 17.7 Å². The lowest BCUT2D eigenvalue weighted by Crippen LogP contribution is -2.53. The third kappa shape index (κ3) is 6.03. The van der Waals surface area contributed by atoms with E-state index in [0.717, 1.165) is 13.1 Å². The van der Waals surface area contributed by atoms with Gasteiger partial charge in [0.15, 0.2) is 0 Å². The van der Waals surface area contributed by atoms with Crippen LogP contribution in [0.15, 0.2) is 24.3 Å². The van der Waals surface area contributed by atoms with Crippen molar-refractivity contribution in [3.05, 3.63) is 29.8 Å². The average molecular weight is 461 g/mol. The Morgan fingerprint density at radius 2 is 1.79 bits per heavy atom. The molecule has 1 aromatic carbocycles. The molecule has 182 valence electrons. The molecule has 2 heterocycles. The maximum atomic E-state index is 13.5. The summed E-state index contributed by atoms with van der Waals surface area (Å²) in [5, 5.41) is 3.25. The van der Waals surface area contributed by atoms with Gasteiger partial charge in [0.05, 0.1) is 13.2 Å². The second-order valence-electron chi connectivity index (χ2n) is 9.04. The van der Waals surface area contributed by atoms with Gasteiger partial charge >= 0.3 is 0 Å². The Hall–Kier alpha value is -2.65. The Balaban J connectivity index is 1.85. The first kappa shape index (κ1) is 25.0. The quantitative estimate of drug-likeness (QED) is 0.618. The number of methoxy groups -OCH3 is 2. The molecule has 0 aliphatic carbocycles. The molecule has 1 aromatic rings. The summed E-state index contributed by atoms with van der Waals surface area (Å²) in [5.41, 5.74) is 0.558. The molecule has 0 spiro atoms. The van der Waals surface area contributed by atoms with Crippen molar-refractivity contribution in [2.75, 3.05) is 60.1 Å². The van der Waals surface area contributed by atoms with Crippen LogP contribution in [0, 0.1) is 5.92 Å². The van der Waals surface area contributed by atoms with E-state index in [2.05, 4.69) is 19.2 Å². The van der Waals surface area contributed by atoms with Gasteiger partial charge in [0.2, 0.25) is 11.8 Å². The smallest absolute Gasteiger partial charge is 0.254 e. The monoisotopic (exact) mass is 460 g/mol. The van der Waals surface area contributed by atoms with Crippen molar-refractivity contribution < 1.29 is 23.9 Å². The molecular formula is C24H36N4O5. The minimum atomic E-state index is -0.589. The van der Waals surface area contributed by atoms with Crippen LogP contribution in [0.5, 0.6) is 5.75 Å². The van der Waals surface area contributed by atoms with Crippen LogP contribution in [0.2, 0.25) is 0 Å². The summed E-state index contributed by atoms with van der Waals surface area (Å²) in [6.07, 6.45) is 0.423. The SMILES string of the molecule is COCC(=O)N1CC(N(CC(C)C)C(=O)c2ccc(OC)cc2)CC1C(=O)N1CCNCC1. The minimum absolute atomic E-state index is 0.0511. The zero-order chi connectivity index (χ0) is 24.0. The molecule has 1 N–H and O–H groups in total. The molecule has 0 aromatic heterocycles. The summed E-state index contributed by atoms with van der Waals surface area (Å²) in [5.74, 6) is 0.532. The fourth-order valence-electron chi connectivity index (χ4n) is 4.54. The van der Waals surface area contributed by atoms with E-state index >= 15 is 0 Å². The molecule has 9 heteroatoms. The highest BCUT2D eigenvalue weighted by Crippen LogP contribution is 2.27. The van der Waals surface area contributed by atoms with Crippen molar-refractivity contribution in [1.82, 2.24) is 20.0 Å². The molecule has 0 saturated carbocycles. The van der Waals surface area contributed by atoms with Crippen LogP contribution in [0.4, 0.5) is 0 Å². The van der Waals surface area contributed by atoms with E-state index in [4.69, 9.17) is 9.47 Å². The predicted octanol–water partition coefficient (Wildman–Crippen LogP) is 0.841. The van der Waals surface area contributed by atoms with Gasteiger partial charge in [-0.25, -0.2) is 0 Å². The number of hydrogen-bond donors (Lipinski definition) is 1. The lowest BCUT2D eigenvalue weighted by Gasteiger charge is -2.32. The van der Waals surface area contributed by atoms with Gasteiger partial charge in [-0.3, -0.25) is 14.4 Å². The molecule has 3 amide bonds. The number of hydrogen-bond acceptors (Lipinski definition) is 6. The number of rotatable bonds is 8. The molecule has 2 aliphatic heterocycles. The van der Waals surface area contributed by atoms with Gasteiger partial charge in [0.25, 0.3) is 5.91 Å². The van der Waals surface area contributed by atoms with Crippen molar-refractivity contribution in [3.8, 4) is 5.75 Å². The molecule has 2 unspecified atom stereocenters. The van der Waals surface area contributed by atoms with Gasteiger partial charge < -0.3 is 29.5 Å². The van der Waals surface area contributed by atoms with Crippen LogP contribution < -0.4 is 10.1 Å². The van der Waals surface area contributed by atoms with E-state index < -0.39 is 6.04 Å². The molecule has 2 fully saturated rings. The highest BCUT2D eigenvalue weighted by atomic mass is 16.5. The van der Waals surface area contributed by atoms with Gasteiger partial charge in [-0.1, -0.05) is 13.8 Å². The van der Waals surface area contributed by atoms with Crippen LogP contribution in [-0.2, 0) is 14.3 Å². The molecule has 9 nitrogen and oxygen atoms in total. The number of nitrogens with zero attached hydrogens (tertiary/aromatic N) is 3. The Kier molecular flexibility index (Phi) is 8.68. The number of benzene rings is 1. The summed E-state index contributed by atoms with van der Waals surface area (Å²) in [4.78, 5) is 45.0. The molecular weight excluding hydrogens is 424 g/mol. The van der Waals surface area contributed by atoms with Gasteiger partial charge in [-0.15, -0.1) is 0 Å². The van der Waals surface area contributed by atoms with Crippen LogP contribution in [0.3, 0.4) is 0 Å². The number of piperazine rings is 1. The van der Waals surface area contributed by atoms with E-state index in [0.29, 0.717) is 43.9 Å². The van der Waals surface area contributed by atoms with Gasteiger partial charge in [0.1, 0.15) is 18.4 Å². The maximum Gasteiger partial charge on any atom is 0.254 e. The summed E-state index contributed by atoms with van der Waals surface area (Å²) in [6.45, 7) is 7.59. The van der Waals surface area contributed by atoms with Crippen LogP contribution in [0.1, 0.15) is 30.6 Å². The molecule has 2 aliphatic rings. The highest BCUT2D eigenvalue weighted by Gasteiger charge is 2.44. The normalized spacial score (nSPS) is 20.8. The standard InChI is InChI=1S/C24H36N4O5/c1-17(2)14-27(23(30)18-5-7-20(33-4)8-6-18)19-13-21(28(15-19)22(29)16-32-3)24(31)26-11-9-25-10-12-26/h5-8,17,19,21,25H,9-16H2,1-4H3. The summed E-state index contributed by atoms with van der Waals surface area (Å²) in [6, 6.07) is 6.19. The number of likely N-dealkylation sites (tertiary alicyclic amines) is 1. The Labute approximate surface area is 196 Å². The predicted molar refractivity (Wildman–Crippen MR) is 124 cm³/mol. The Morgan fingerprint density at radius 1 is 1.12 bits per heavy atom. The number of nitrogens with one attached hydrogen (secondary N) is 1. The molecule has 0 radical (unpaired) electrons. The molecule has 33 heavy (non-hydrogen) atoms. The summed E-state index contributed by atoms with van der Waals surface area (Å²) < 4.78 is 10.3. The van der Waals surface area contributed by atoms with Crippen LogP contribution in [0.25, 0.3) is 0 Å². The van der Waals surface area contributed by atoms with E-state index in [9.17, 15) is 14.4 Å². The molecule has 0 bridgehead atoms. The van der Waals surface area contributed by atoms with Crippen molar-refractivity contribution in [3.63, 3.8) is 0 Å². The van der Waals surface area contributed by atoms with E-state index in [-0.39, 0.29) is 36.3 Å². The van der Waals surface area contributed by atoms with Crippen LogP contribution in [-0.4, -0.2) is 105 Å². The summed E-state index contributed by atoms with van der Waals surface area (Å²) in [7, 11) is 3.05. The third-order valence-corrected chi connectivity index (χ3v) is 6.18. The minimum Gasteiger partial charge on any atom is -0.497 e. The van der Waals surface area contributed by atoms with Gasteiger partial charge in [-0.05, 0) is 36.6 Å². The fraction of sp³-hybridized carbons (Fsp3) is 0.625. The number of ether oxygens (including phenoxy) is 2. The lowest BCUT2D eigenvalue weighted by molar-refractivity contribution is -0.146. The largest absolute Gasteiger partial charge is 0.497 e. The summed E-state index contributed by atoms with van der Waals surface area (Å²) >= 11 is 0. The zero-order valence-corrected chi connectivity index (χ0v) is 20.1. The lowest BCUT2D eigenvalue weighted by atomic mass is 10.1.